The van der Waals surface area contributed by atoms with E-state index in [1.54, 1.807) is 0 Å². The van der Waals surface area contributed by atoms with Crippen molar-refractivity contribution in [3.63, 3.8) is 0 Å². The number of carbonyl (C=O) groups excluding carboxylic acids is 1. The molecule has 4 nitrogen and oxygen atoms in total. The van der Waals surface area contributed by atoms with Gasteiger partial charge in [-0.3, -0.25) is 9.69 Å². The van der Waals surface area contributed by atoms with Gasteiger partial charge < -0.3 is 11.1 Å². The van der Waals surface area contributed by atoms with E-state index in [4.69, 9.17) is 5.73 Å². The lowest BCUT2D eigenvalue weighted by Gasteiger charge is -2.36. The molecule has 2 saturated carbocycles. The fourth-order valence-corrected chi connectivity index (χ4v) is 2.85. The van der Waals surface area contributed by atoms with Gasteiger partial charge in [0.25, 0.3) is 0 Å². The van der Waals surface area contributed by atoms with Crippen molar-refractivity contribution < 1.29 is 4.79 Å². The first-order valence-electron chi connectivity index (χ1n) is 6.93. The third-order valence-corrected chi connectivity index (χ3v) is 4.13. The maximum absolute atomic E-state index is 11.9. The van der Waals surface area contributed by atoms with Crippen LogP contribution in [-0.2, 0) is 4.79 Å². The van der Waals surface area contributed by atoms with E-state index >= 15 is 0 Å². The molecule has 0 saturated heterocycles. The van der Waals surface area contributed by atoms with E-state index in [1.807, 2.05) is 6.92 Å². The third kappa shape index (κ3) is 2.63. The zero-order valence-electron chi connectivity index (χ0n) is 11.0. The van der Waals surface area contributed by atoms with Gasteiger partial charge in [0.05, 0.1) is 0 Å². The smallest absolute Gasteiger partial charge is 0.239 e. The minimum atomic E-state index is -0.479. The molecule has 0 aromatic carbocycles. The van der Waals surface area contributed by atoms with Crippen LogP contribution >= 0.6 is 0 Å². The molecule has 1 amide bonds. The van der Waals surface area contributed by atoms with Gasteiger partial charge >= 0.3 is 0 Å². The van der Waals surface area contributed by atoms with E-state index in [2.05, 4.69) is 17.1 Å². The number of amides is 1. The largest absolute Gasteiger partial charge is 0.368 e. The van der Waals surface area contributed by atoms with Crippen LogP contribution in [0.1, 0.15) is 39.5 Å². The lowest BCUT2D eigenvalue weighted by Crippen LogP contribution is -2.63. The van der Waals surface area contributed by atoms with Crippen molar-refractivity contribution >= 4 is 5.91 Å². The van der Waals surface area contributed by atoms with Crippen molar-refractivity contribution in [3.05, 3.63) is 0 Å². The summed E-state index contributed by atoms with van der Waals surface area (Å²) >= 11 is 0. The van der Waals surface area contributed by atoms with Crippen LogP contribution in [0.3, 0.4) is 0 Å². The Balaban J connectivity index is 2.09. The molecule has 1 atom stereocenters. The lowest BCUT2D eigenvalue weighted by atomic mass is 9.91. The second-order valence-electron chi connectivity index (χ2n) is 5.43. The molecule has 0 spiro atoms. The molecule has 0 bridgehead atoms. The van der Waals surface area contributed by atoms with Gasteiger partial charge in [-0.25, -0.2) is 0 Å². The standard InChI is InChI=1S/C13H25N3O/c1-3-15-13(12(14)17,10-5-6-10)9-16(4-2)11-7-8-11/h10-11,15H,3-9H2,1-2H3,(H2,14,17). The summed E-state index contributed by atoms with van der Waals surface area (Å²) in [6.07, 6.45) is 4.83. The molecule has 1 unspecified atom stereocenters. The van der Waals surface area contributed by atoms with Gasteiger partial charge in [-0.2, -0.15) is 0 Å². The van der Waals surface area contributed by atoms with E-state index in [1.165, 1.54) is 12.8 Å². The van der Waals surface area contributed by atoms with E-state index in [0.717, 1.165) is 32.5 Å². The van der Waals surface area contributed by atoms with E-state index in [-0.39, 0.29) is 5.91 Å². The van der Waals surface area contributed by atoms with Crippen LogP contribution in [0.25, 0.3) is 0 Å². The first-order valence-corrected chi connectivity index (χ1v) is 6.93. The highest BCUT2D eigenvalue weighted by Crippen LogP contribution is 2.41. The minimum absolute atomic E-state index is 0.166. The Hall–Kier alpha value is -0.610. The average molecular weight is 239 g/mol. The second-order valence-corrected chi connectivity index (χ2v) is 5.43. The van der Waals surface area contributed by atoms with Crippen LogP contribution in [0.2, 0.25) is 0 Å². The normalized spacial score (nSPS) is 23.7. The summed E-state index contributed by atoms with van der Waals surface area (Å²) in [5, 5.41) is 3.39. The van der Waals surface area contributed by atoms with Crippen molar-refractivity contribution in [1.82, 2.24) is 10.2 Å². The number of primary amides is 1. The number of likely N-dealkylation sites (N-methyl/N-ethyl adjacent to an activating group) is 2. The molecule has 4 heteroatoms. The van der Waals surface area contributed by atoms with Gasteiger partial charge in [0.2, 0.25) is 5.91 Å². The van der Waals surface area contributed by atoms with Crippen LogP contribution < -0.4 is 11.1 Å². The fraction of sp³-hybridized carbons (Fsp3) is 0.923. The summed E-state index contributed by atoms with van der Waals surface area (Å²) in [7, 11) is 0. The summed E-state index contributed by atoms with van der Waals surface area (Å²) < 4.78 is 0. The monoisotopic (exact) mass is 239 g/mol. The lowest BCUT2D eigenvalue weighted by molar-refractivity contribution is -0.126. The van der Waals surface area contributed by atoms with Gasteiger partial charge in [-0.1, -0.05) is 13.8 Å². The number of hydrogen-bond donors (Lipinski definition) is 2. The molecular weight excluding hydrogens is 214 g/mol. The molecule has 0 aromatic rings. The zero-order chi connectivity index (χ0) is 12.5. The summed E-state index contributed by atoms with van der Waals surface area (Å²) in [5.41, 5.74) is 5.22. The van der Waals surface area contributed by atoms with Gasteiger partial charge in [-0.05, 0) is 44.7 Å². The quantitative estimate of drug-likeness (QED) is 0.656. The first-order chi connectivity index (χ1) is 8.14. The molecular formula is C13H25N3O. The van der Waals surface area contributed by atoms with E-state index in [0.29, 0.717) is 12.0 Å². The predicted molar refractivity (Wildman–Crippen MR) is 68.6 cm³/mol. The highest BCUT2D eigenvalue weighted by atomic mass is 16.1. The van der Waals surface area contributed by atoms with Crippen LogP contribution in [0.4, 0.5) is 0 Å². The van der Waals surface area contributed by atoms with Crippen molar-refractivity contribution in [2.75, 3.05) is 19.6 Å². The Morgan fingerprint density at radius 1 is 1.35 bits per heavy atom. The maximum Gasteiger partial charge on any atom is 0.239 e. The van der Waals surface area contributed by atoms with Gasteiger partial charge in [0.1, 0.15) is 5.54 Å². The molecule has 2 rings (SSSR count). The molecule has 98 valence electrons. The Morgan fingerprint density at radius 3 is 2.35 bits per heavy atom. The predicted octanol–water partition coefficient (Wildman–Crippen LogP) is 0.714. The third-order valence-electron chi connectivity index (χ3n) is 4.13. The topological polar surface area (TPSA) is 58.4 Å². The summed E-state index contributed by atoms with van der Waals surface area (Å²) in [4.78, 5) is 14.3. The van der Waals surface area contributed by atoms with Crippen molar-refractivity contribution in [1.29, 1.82) is 0 Å². The number of hydrogen-bond acceptors (Lipinski definition) is 3. The van der Waals surface area contributed by atoms with Crippen molar-refractivity contribution in [2.24, 2.45) is 11.7 Å². The Morgan fingerprint density at radius 2 is 2.00 bits per heavy atom. The van der Waals surface area contributed by atoms with Gasteiger partial charge in [0.15, 0.2) is 0 Å². The molecule has 0 heterocycles. The maximum atomic E-state index is 11.9. The Kier molecular flexibility index (Phi) is 3.73. The summed E-state index contributed by atoms with van der Waals surface area (Å²) in [6.45, 7) is 6.83. The molecule has 2 aliphatic rings. The van der Waals surface area contributed by atoms with Crippen LogP contribution in [0.15, 0.2) is 0 Å². The number of rotatable bonds is 8. The van der Waals surface area contributed by atoms with Crippen LogP contribution in [-0.4, -0.2) is 42.0 Å². The number of carbonyl (C=O) groups is 1. The molecule has 0 aliphatic heterocycles. The fourth-order valence-electron chi connectivity index (χ4n) is 2.85. The van der Waals surface area contributed by atoms with Gasteiger partial charge in [-0.15, -0.1) is 0 Å². The highest BCUT2D eigenvalue weighted by Gasteiger charge is 2.51. The second kappa shape index (κ2) is 4.94. The van der Waals surface area contributed by atoms with Gasteiger partial charge in [0, 0.05) is 12.6 Å². The molecule has 3 N–H and O–H groups in total. The Labute approximate surface area is 104 Å². The summed E-state index contributed by atoms with van der Waals surface area (Å²) in [5.74, 6) is 0.286. The van der Waals surface area contributed by atoms with Crippen molar-refractivity contribution in [3.8, 4) is 0 Å². The Bertz CT molecular complexity index is 286. The number of nitrogens with zero attached hydrogens (tertiary/aromatic N) is 1. The molecule has 0 radical (unpaired) electrons. The average Bonchev–Trinajstić information content (AvgIpc) is 3.17. The van der Waals surface area contributed by atoms with Crippen LogP contribution in [0, 0.1) is 5.92 Å². The van der Waals surface area contributed by atoms with Crippen molar-refractivity contribution in [2.45, 2.75) is 51.1 Å². The zero-order valence-corrected chi connectivity index (χ0v) is 11.0. The number of nitrogens with one attached hydrogen (secondary N) is 1. The molecule has 0 aromatic heterocycles. The molecule has 17 heavy (non-hydrogen) atoms. The minimum Gasteiger partial charge on any atom is -0.368 e. The molecule has 2 aliphatic carbocycles. The van der Waals surface area contributed by atoms with E-state index in [9.17, 15) is 4.79 Å². The molecule has 2 fully saturated rings. The van der Waals surface area contributed by atoms with Crippen LogP contribution in [0.5, 0.6) is 0 Å². The van der Waals surface area contributed by atoms with E-state index < -0.39 is 5.54 Å². The SMILES string of the molecule is CCNC(CN(CC)C1CC1)(C(N)=O)C1CC1. The highest BCUT2D eigenvalue weighted by molar-refractivity contribution is 5.86. The summed E-state index contributed by atoms with van der Waals surface area (Å²) in [6, 6.07) is 0.691. The number of nitrogens with two attached hydrogens (primary N) is 1. The first kappa shape index (κ1) is 12.8.